The van der Waals surface area contributed by atoms with E-state index in [4.69, 9.17) is 11.6 Å². The third-order valence-electron chi connectivity index (χ3n) is 3.08. The monoisotopic (exact) mass is 271 g/mol. The number of aryl methyl sites for hydroxylation is 1. The van der Waals surface area contributed by atoms with Crippen LogP contribution < -0.4 is 5.32 Å². The van der Waals surface area contributed by atoms with E-state index in [0.29, 0.717) is 5.15 Å². The normalized spacial score (nSPS) is 10.8. The number of H-pyrrole nitrogens is 1. The van der Waals surface area contributed by atoms with Crippen molar-refractivity contribution >= 4 is 28.2 Å². The molecular formula is C15H14ClN3. The molecule has 0 atom stereocenters. The summed E-state index contributed by atoms with van der Waals surface area (Å²) in [4.78, 5) is 7.34. The van der Waals surface area contributed by atoms with Crippen molar-refractivity contribution in [1.29, 1.82) is 0 Å². The number of pyridine rings is 1. The molecule has 3 nitrogen and oxygen atoms in total. The zero-order chi connectivity index (χ0) is 13.2. The number of halogens is 1. The fourth-order valence-electron chi connectivity index (χ4n) is 2.08. The van der Waals surface area contributed by atoms with E-state index in [-0.39, 0.29) is 0 Å². The van der Waals surface area contributed by atoms with Gasteiger partial charge in [0.1, 0.15) is 0 Å². The van der Waals surface area contributed by atoms with E-state index < -0.39 is 0 Å². The molecule has 0 radical (unpaired) electrons. The van der Waals surface area contributed by atoms with Gasteiger partial charge in [-0.25, -0.2) is 4.98 Å². The van der Waals surface area contributed by atoms with Crippen LogP contribution in [0, 0.1) is 6.92 Å². The van der Waals surface area contributed by atoms with Gasteiger partial charge in [-0.2, -0.15) is 0 Å². The number of rotatable bonds is 3. The quantitative estimate of drug-likeness (QED) is 0.703. The Labute approximate surface area is 116 Å². The maximum atomic E-state index is 6.06. The predicted octanol–water partition coefficient (Wildman–Crippen LogP) is 4.14. The Morgan fingerprint density at radius 2 is 2.16 bits per heavy atom. The molecule has 2 aromatic heterocycles. The first kappa shape index (κ1) is 12.1. The maximum absolute atomic E-state index is 6.06. The van der Waals surface area contributed by atoms with Crippen LogP contribution in [0.1, 0.15) is 11.1 Å². The molecule has 3 rings (SSSR count). The highest BCUT2D eigenvalue weighted by molar-refractivity contribution is 6.31. The smallest absolute Gasteiger partial charge is 0.152 e. The Morgan fingerprint density at radius 1 is 1.26 bits per heavy atom. The van der Waals surface area contributed by atoms with E-state index in [1.54, 1.807) is 6.20 Å². The number of aromatic nitrogens is 2. The topological polar surface area (TPSA) is 40.7 Å². The first-order chi connectivity index (χ1) is 9.22. The van der Waals surface area contributed by atoms with Crippen LogP contribution in [0.2, 0.25) is 5.15 Å². The van der Waals surface area contributed by atoms with Gasteiger partial charge in [-0.15, -0.1) is 0 Å². The van der Waals surface area contributed by atoms with Crippen molar-refractivity contribution < 1.29 is 0 Å². The Morgan fingerprint density at radius 3 is 3.05 bits per heavy atom. The van der Waals surface area contributed by atoms with Gasteiger partial charge in [0.2, 0.25) is 0 Å². The molecule has 1 aromatic carbocycles. The summed E-state index contributed by atoms with van der Waals surface area (Å²) in [6.07, 6.45) is 3.71. The average Bonchev–Trinajstić information content (AvgIpc) is 2.87. The molecule has 4 heteroatoms. The van der Waals surface area contributed by atoms with Crippen LogP contribution in [0.15, 0.2) is 42.7 Å². The molecule has 0 unspecified atom stereocenters. The lowest BCUT2D eigenvalue weighted by Crippen LogP contribution is -2.01. The van der Waals surface area contributed by atoms with Crippen molar-refractivity contribution in [2.45, 2.75) is 13.5 Å². The minimum absolute atomic E-state index is 0.506. The summed E-state index contributed by atoms with van der Waals surface area (Å²) in [5.41, 5.74) is 4.31. The number of aromatic amines is 1. The Kier molecular flexibility index (Phi) is 3.13. The average molecular weight is 272 g/mol. The highest BCUT2D eigenvalue weighted by Crippen LogP contribution is 2.21. The highest BCUT2D eigenvalue weighted by atomic mass is 35.5. The van der Waals surface area contributed by atoms with Gasteiger partial charge < -0.3 is 10.3 Å². The zero-order valence-electron chi connectivity index (χ0n) is 10.6. The first-order valence-electron chi connectivity index (χ1n) is 6.14. The lowest BCUT2D eigenvalue weighted by Gasteiger charge is -2.08. The van der Waals surface area contributed by atoms with E-state index in [0.717, 1.165) is 23.3 Å². The van der Waals surface area contributed by atoms with Gasteiger partial charge in [0, 0.05) is 24.5 Å². The van der Waals surface area contributed by atoms with Gasteiger partial charge in [-0.3, -0.25) is 0 Å². The summed E-state index contributed by atoms with van der Waals surface area (Å²) >= 11 is 6.06. The minimum atomic E-state index is 0.506. The fourth-order valence-corrected chi connectivity index (χ4v) is 2.25. The number of nitrogens with one attached hydrogen (secondary N) is 2. The molecule has 2 heterocycles. The molecule has 96 valence electrons. The Bertz CT molecular complexity index is 718. The van der Waals surface area contributed by atoms with Crippen molar-refractivity contribution in [2.75, 3.05) is 5.32 Å². The summed E-state index contributed by atoms with van der Waals surface area (Å²) in [5, 5.41) is 5.05. The minimum Gasteiger partial charge on any atom is -0.378 e. The molecule has 2 N–H and O–H groups in total. The van der Waals surface area contributed by atoms with Crippen molar-refractivity contribution in [3.05, 3.63) is 59.0 Å². The van der Waals surface area contributed by atoms with Gasteiger partial charge in [0.25, 0.3) is 0 Å². The Hall–Kier alpha value is -2.00. The van der Waals surface area contributed by atoms with Crippen LogP contribution in [-0.4, -0.2) is 9.97 Å². The second-order valence-corrected chi connectivity index (χ2v) is 4.96. The molecular weight excluding hydrogens is 258 g/mol. The molecule has 0 saturated heterocycles. The molecule has 0 bridgehead atoms. The number of hydrogen-bond donors (Lipinski definition) is 2. The van der Waals surface area contributed by atoms with Gasteiger partial charge >= 0.3 is 0 Å². The van der Waals surface area contributed by atoms with E-state index in [1.807, 2.05) is 19.2 Å². The third-order valence-corrected chi connectivity index (χ3v) is 3.38. The molecule has 0 aliphatic heterocycles. The van der Waals surface area contributed by atoms with Crippen LogP contribution in [0.4, 0.5) is 5.69 Å². The standard InChI is InChI=1S/C15H14ClN3/c1-10-6-14(15(16)19-8-10)18-9-11-2-3-12-4-5-17-13(12)7-11/h2-8,17-18H,9H2,1H3. The Balaban J connectivity index is 1.79. The summed E-state index contributed by atoms with van der Waals surface area (Å²) in [7, 11) is 0. The van der Waals surface area contributed by atoms with Crippen molar-refractivity contribution in [1.82, 2.24) is 9.97 Å². The summed E-state index contributed by atoms with van der Waals surface area (Å²) < 4.78 is 0. The number of benzene rings is 1. The zero-order valence-corrected chi connectivity index (χ0v) is 11.3. The van der Waals surface area contributed by atoms with Crippen LogP contribution >= 0.6 is 11.6 Å². The van der Waals surface area contributed by atoms with E-state index >= 15 is 0 Å². The number of fused-ring (bicyclic) bond motifs is 1. The molecule has 0 saturated carbocycles. The molecule has 0 fully saturated rings. The number of nitrogens with zero attached hydrogens (tertiary/aromatic N) is 1. The largest absolute Gasteiger partial charge is 0.378 e. The van der Waals surface area contributed by atoms with E-state index in [2.05, 4.69) is 39.6 Å². The summed E-state index contributed by atoms with van der Waals surface area (Å²) in [5.74, 6) is 0. The van der Waals surface area contributed by atoms with Crippen molar-refractivity contribution in [2.24, 2.45) is 0 Å². The molecule has 0 aliphatic carbocycles. The fraction of sp³-hybridized carbons (Fsp3) is 0.133. The molecule has 0 aliphatic rings. The number of anilines is 1. The predicted molar refractivity (Wildman–Crippen MR) is 79.6 cm³/mol. The SMILES string of the molecule is Cc1cnc(Cl)c(NCc2ccc3cc[nH]c3c2)c1. The van der Waals surface area contributed by atoms with Gasteiger partial charge in [-0.1, -0.05) is 23.7 Å². The van der Waals surface area contributed by atoms with Crippen molar-refractivity contribution in [3.8, 4) is 0 Å². The highest BCUT2D eigenvalue weighted by Gasteiger charge is 2.02. The second kappa shape index (κ2) is 4.94. The molecule has 0 spiro atoms. The lowest BCUT2D eigenvalue weighted by molar-refractivity contribution is 1.13. The third kappa shape index (κ3) is 2.56. The van der Waals surface area contributed by atoms with Crippen molar-refractivity contribution in [3.63, 3.8) is 0 Å². The van der Waals surface area contributed by atoms with Crippen LogP contribution in [0.3, 0.4) is 0 Å². The second-order valence-electron chi connectivity index (χ2n) is 4.60. The van der Waals surface area contributed by atoms with Crippen LogP contribution in [0.5, 0.6) is 0 Å². The first-order valence-corrected chi connectivity index (χ1v) is 6.52. The van der Waals surface area contributed by atoms with E-state index in [9.17, 15) is 0 Å². The number of hydrogen-bond acceptors (Lipinski definition) is 2. The summed E-state index contributed by atoms with van der Waals surface area (Å²) in [6, 6.07) is 10.4. The molecule has 3 aromatic rings. The van der Waals surface area contributed by atoms with Gasteiger partial charge in [0.15, 0.2) is 5.15 Å². The van der Waals surface area contributed by atoms with Gasteiger partial charge in [0.05, 0.1) is 5.69 Å². The van der Waals surface area contributed by atoms with Crippen LogP contribution in [-0.2, 0) is 6.54 Å². The van der Waals surface area contributed by atoms with Gasteiger partial charge in [-0.05, 0) is 41.6 Å². The lowest BCUT2D eigenvalue weighted by atomic mass is 10.1. The summed E-state index contributed by atoms with van der Waals surface area (Å²) in [6.45, 7) is 2.72. The maximum Gasteiger partial charge on any atom is 0.152 e. The van der Waals surface area contributed by atoms with E-state index in [1.165, 1.54) is 10.9 Å². The van der Waals surface area contributed by atoms with Crippen LogP contribution in [0.25, 0.3) is 10.9 Å². The molecule has 0 amide bonds. The molecule has 19 heavy (non-hydrogen) atoms.